The Balaban J connectivity index is 1.80. The summed E-state index contributed by atoms with van der Waals surface area (Å²) in [5.41, 5.74) is 4.58. The molecule has 1 aromatic heterocycles. The average molecular weight is 362 g/mol. The molecule has 0 aliphatic heterocycles. The van der Waals surface area contributed by atoms with Crippen molar-refractivity contribution in [3.8, 4) is 0 Å². The van der Waals surface area contributed by atoms with Crippen LogP contribution in [0.1, 0.15) is 42.4 Å². The first-order valence-electron chi connectivity index (χ1n) is 8.67. The predicted molar refractivity (Wildman–Crippen MR) is 107 cm³/mol. The summed E-state index contributed by atoms with van der Waals surface area (Å²) in [5, 5.41) is 9.05. The van der Waals surface area contributed by atoms with Crippen LogP contribution in [-0.4, -0.2) is 21.9 Å². The van der Waals surface area contributed by atoms with Crippen molar-refractivity contribution in [3.05, 3.63) is 75.7 Å². The van der Waals surface area contributed by atoms with E-state index < -0.39 is 5.91 Å². The summed E-state index contributed by atoms with van der Waals surface area (Å²) >= 11 is 0. The van der Waals surface area contributed by atoms with Gasteiger partial charge >= 0.3 is 0 Å². The minimum atomic E-state index is -0.468. The molecule has 6 nitrogen and oxygen atoms in total. The van der Waals surface area contributed by atoms with E-state index in [1.807, 2.05) is 24.3 Å². The molecule has 0 atom stereocenters. The van der Waals surface area contributed by atoms with Gasteiger partial charge in [-0.05, 0) is 22.6 Å². The van der Waals surface area contributed by atoms with Crippen LogP contribution in [0.15, 0.2) is 58.4 Å². The molecule has 0 unspecified atom stereocenters. The predicted octanol–water partition coefficient (Wildman–Crippen LogP) is 2.99. The summed E-state index contributed by atoms with van der Waals surface area (Å²) in [6.45, 7) is 6.46. The molecule has 0 saturated heterocycles. The van der Waals surface area contributed by atoms with Gasteiger partial charge in [-0.2, -0.15) is 10.2 Å². The first-order chi connectivity index (χ1) is 12.8. The monoisotopic (exact) mass is 362 g/mol. The van der Waals surface area contributed by atoms with Crippen molar-refractivity contribution in [1.29, 1.82) is 0 Å². The fourth-order valence-corrected chi connectivity index (χ4v) is 2.76. The minimum Gasteiger partial charge on any atom is -0.267 e. The number of carbonyl (C=O) groups is 1. The summed E-state index contributed by atoms with van der Waals surface area (Å²) in [5.74, 6) is -0.468. The highest BCUT2D eigenvalue weighted by Crippen LogP contribution is 2.21. The van der Waals surface area contributed by atoms with Crippen LogP contribution in [-0.2, 0) is 12.5 Å². The fraction of sp³-hybridized carbons (Fsp3) is 0.238. The van der Waals surface area contributed by atoms with Crippen molar-refractivity contribution in [1.82, 2.24) is 15.2 Å². The first kappa shape index (κ1) is 18.5. The Hall–Kier alpha value is -3.28. The molecule has 0 spiro atoms. The molecule has 0 fully saturated rings. The molecule has 0 saturated carbocycles. The van der Waals surface area contributed by atoms with E-state index in [2.05, 4.69) is 36.4 Å². The molecule has 3 aromatic rings. The summed E-state index contributed by atoms with van der Waals surface area (Å²) < 4.78 is 1.16. The number of nitrogens with zero attached hydrogens (tertiary/aromatic N) is 3. The van der Waals surface area contributed by atoms with Crippen molar-refractivity contribution >= 4 is 22.9 Å². The van der Waals surface area contributed by atoms with Crippen molar-refractivity contribution in [2.24, 2.45) is 12.1 Å². The summed E-state index contributed by atoms with van der Waals surface area (Å²) in [6, 6.07) is 14.9. The molecule has 3 rings (SSSR count). The highest BCUT2D eigenvalue weighted by Gasteiger charge is 2.15. The second-order valence-electron chi connectivity index (χ2n) is 7.39. The minimum absolute atomic E-state index is 0.0832. The first-order valence-corrected chi connectivity index (χ1v) is 8.67. The van der Waals surface area contributed by atoms with Crippen molar-refractivity contribution in [2.45, 2.75) is 26.2 Å². The molecule has 138 valence electrons. The van der Waals surface area contributed by atoms with E-state index in [-0.39, 0.29) is 16.7 Å². The largest absolute Gasteiger partial charge is 0.292 e. The van der Waals surface area contributed by atoms with Gasteiger partial charge in [-0.3, -0.25) is 9.59 Å². The van der Waals surface area contributed by atoms with Crippen molar-refractivity contribution in [3.63, 3.8) is 0 Å². The maximum absolute atomic E-state index is 12.5. The number of fused-ring (bicyclic) bond motifs is 1. The lowest BCUT2D eigenvalue weighted by atomic mass is 9.87. The zero-order chi connectivity index (χ0) is 19.6. The lowest BCUT2D eigenvalue weighted by Gasteiger charge is -2.18. The molecule has 0 bridgehead atoms. The van der Waals surface area contributed by atoms with Gasteiger partial charge < -0.3 is 0 Å². The van der Waals surface area contributed by atoms with E-state index in [9.17, 15) is 9.59 Å². The molecule has 2 aromatic carbocycles. The SMILES string of the molecule is Cn1nc(C(=O)N/N=C\c2ccc(C(C)(C)C)cc2)c2ccccc2c1=O. The van der Waals surface area contributed by atoms with Gasteiger partial charge in [0.1, 0.15) is 0 Å². The summed E-state index contributed by atoms with van der Waals surface area (Å²) in [4.78, 5) is 24.6. The molecule has 0 aliphatic rings. The van der Waals surface area contributed by atoms with Crippen LogP contribution in [0, 0.1) is 0 Å². The lowest BCUT2D eigenvalue weighted by molar-refractivity contribution is 0.0950. The van der Waals surface area contributed by atoms with Gasteiger partial charge in [0.2, 0.25) is 0 Å². The Morgan fingerprint density at radius 1 is 1.07 bits per heavy atom. The summed E-state index contributed by atoms with van der Waals surface area (Å²) in [7, 11) is 1.52. The average Bonchev–Trinajstić information content (AvgIpc) is 2.64. The highest BCUT2D eigenvalue weighted by atomic mass is 16.2. The number of rotatable bonds is 3. The number of carbonyl (C=O) groups excluding carboxylic acids is 1. The maximum Gasteiger partial charge on any atom is 0.292 e. The molecule has 1 heterocycles. The van der Waals surface area contributed by atoms with Gasteiger partial charge in [0.15, 0.2) is 5.69 Å². The molecule has 6 heteroatoms. The standard InChI is InChI=1S/C21H22N4O2/c1-21(2,3)15-11-9-14(10-12-15)13-22-23-19(26)18-16-7-5-6-8-17(16)20(27)25(4)24-18/h5-13H,1-4H3,(H,23,26)/b22-13-. The molecular weight excluding hydrogens is 340 g/mol. The zero-order valence-electron chi connectivity index (χ0n) is 15.9. The van der Waals surface area contributed by atoms with E-state index in [1.165, 1.54) is 12.6 Å². The molecular formula is C21H22N4O2. The second kappa shape index (κ2) is 7.15. The van der Waals surface area contributed by atoms with Gasteiger partial charge in [-0.25, -0.2) is 10.1 Å². The Morgan fingerprint density at radius 2 is 1.70 bits per heavy atom. The number of aryl methyl sites for hydroxylation is 1. The smallest absolute Gasteiger partial charge is 0.267 e. The van der Waals surface area contributed by atoms with Gasteiger partial charge in [0.25, 0.3) is 11.5 Å². The molecule has 1 N–H and O–H groups in total. The second-order valence-corrected chi connectivity index (χ2v) is 7.39. The highest BCUT2D eigenvalue weighted by molar-refractivity contribution is 6.04. The van der Waals surface area contributed by atoms with Crippen LogP contribution in [0.25, 0.3) is 10.8 Å². The topological polar surface area (TPSA) is 76.3 Å². The fourth-order valence-electron chi connectivity index (χ4n) is 2.76. The van der Waals surface area contributed by atoms with Crippen LogP contribution in [0.4, 0.5) is 0 Å². The quantitative estimate of drug-likeness (QED) is 0.575. The third-order valence-electron chi connectivity index (χ3n) is 4.33. The van der Waals surface area contributed by atoms with Gasteiger partial charge in [-0.15, -0.1) is 0 Å². The number of benzene rings is 2. The van der Waals surface area contributed by atoms with Crippen LogP contribution in [0.5, 0.6) is 0 Å². The molecule has 0 aliphatic carbocycles. The Kier molecular flexibility index (Phi) is 4.90. The number of amides is 1. The maximum atomic E-state index is 12.5. The summed E-state index contributed by atoms with van der Waals surface area (Å²) in [6.07, 6.45) is 1.58. The van der Waals surface area contributed by atoms with Crippen molar-refractivity contribution < 1.29 is 4.79 Å². The molecule has 0 radical (unpaired) electrons. The van der Waals surface area contributed by atoms with Gasteiger partial charge in [0, 0.05) is 12.4 Å². The van der Waals surface area contributed by atoms with Crippen LogP contribution in [0.3, 0.4) is 0 Å². The Bertz CT molecular complexity index is 1070. The van der Waals surface area contributed by atoms with E-state index in [0.717, 1.165) is 10.2 Å². The van der Waals surface area contributed by atoms with E-state index in [0.29, 0.717) is 10.8 Å². The molecule has 1 amide bonds. The van der Waals surface area contributed by atoms with Gasteiger partial charge in [-0.1, -0.05) is 63.2 Å². The van der Waals surface area contributed by atoms with Crippen LogP contribution >= 0.6 is 0 Å². The number of nitrogens with one attached hydrogen (secondary N) is 1. The van der Waals surface area contributed by atoms with Crippen molar-refractivity contribution in [2.75, 3.05) is 0 Å². The Labute approximate surface area is 157 Å². The number of hydrogen-bond acceptors (Lipinski definition) is 4. The Morgan fingerprint density at radius 3 is 2.33 bits per heavy atom. The lowest BCUT2D eigenvalue weighted by Crippen LogP contribution is -2.27. The van der Waals surface area contributed by atoms with Gasteiger partial charge in [0.05, 0.1) is 11.6 Å². The molecule has 27 heavy (non-hydrogen) atoms. The normalized spacial score (nSPS) is 11.9. The number of hydrazone groups is 1. The number of aromatic nitrogens is 2. The van der Waals surface area contributed by atoms with Crippen LogP contribution in [0.2, 0.25) is 0 Å². The van der Waals surface area contributed by atoms with Crippen LogP contribution < -0.4 is 11.0 Å². The number of hydrogen-bond donors (Lipinski definition) is 1. The van der Waals surface area contributed by atoms with E-state index in [4.69, 9.17) is 0 Å². The zero-order valence-corrected chi connectivity index (χ0v) is 15.9. The third kappa shape index (κ3) is 3.95. The third-order valence-corrected chi connectivity index (χ3v) is 4.33. The van der Waals surface area contributed by atoms with E-state index >= 15 is 0 Å². The van der Waals surface area contributed by atoms with E-state index in [1.54, 1.807) is 30.5 Å².